The van der Waals surface area contributed by atoms with Crippen LogP contribution in [0.15, 0.2) is 173 Å². The molecule has 48 heavy (non-hydrogen) atoms. The van der Waals surface area contributed by atoms with Crippen molar-refractivity contribution in [1.29, 1.82) is 0 Å². The molecule has 0 fully saturated rings. The van der Waals surface area contributed by atoms with Gasteiger partial charge in [-0.1, -0.05) is 103 Å². The minimum absolute atomic E-state index is 0.600. The molecule has 3 heterocycles. The summed E-state index contributed by atoms with van der Waals surface area (Å²) in [6.45, 7) is 0. The highest BCUT2D eigenvalue weighted by Crippen LogP contribution is 2.34. The fraction of sp³-hybridized carbons (Fsp3) is 0. The van der Waals surface area contributed by atoms with E-state index in [-0.39, 0.29) is 0 Å². The second-order valence-electron chi connectivity index (χ2n) is 11.7. The van der Waals surface area contributed by atoms with Gasteiger partial charge < -0.3 is 8.83 Å². The molecule has 5 nitrogen and oxygen atoms in total. The molecule has 9 aromatic rings. The van der Waals surface area contributed by atoms with E-state index in [2.05, 4.69) is 107 Å². The van der Waals surface area contributed by atoms with Crippen LogP contribution in [0.4, 0.5) is 0 Å². The molecule has 9 rings (SSSR count). The predicted octanol–water partition coefficient (Wildman–Crippen LogP) is 11.4. The largest absolute Gasteiger partial charge is 0.436 e. The van der Waals surface area contributed by atoms with Gasteiger partial charge >= 0.3 is 0 Å². The Bertz CT molecular complexity index is 2330. The number of hydrogen-bond donors (Lipinski definition) is 0. The molecule has 6 aromatic carbocycles. The van der Waals surface area contributed by atoms with Crippen molar-refractivity contribution >= 4 is 22.2 Å². The lowest BCUT2D eigenvalue weighted by Crippen LogP contribution is -1.92. The molecule has 0 N–H and O–H groups in total. The van der Waals surface area contributed by atoms with Crippen LogP contribution in [0.1, 0.15) is 0 Å². The number of benzene rings is 6. The standard InChI is InChI=1S/C43H27N3O2/c1-2-8-28(9-3-1)29-14-18-31(19-15-29)38-26-35(30-16-22-33(23-17-30)42-45-36-10-4-6-12-40(36)47-42)27-39(44-38)32-20-24-34(25-21-32)43-46-37-11-5-7-13-41(37)48-43/h1-27H. The maximum atomic E-state index is 6.02. The van der Waals surface area contributed by atoms with Gasteiger partial charge in [-0.15, -0.1) is 0 Å². The highest BCUT2D eigenvalue weighted by molar-refractivity contribution is 5.81. The molecule has 3 aromatic heterocycles. The summed E-state index contributed by atoms with van der Waals surface area (Å²) in [6.07, 6.45) is 0. The van der Waals surface area contributed by atoms with Gasteiger partial charge in [0.1, 0.15) is 11.0 Å². The number of aromatic nitrogens is 3. The zero-order valence-corrected chi connectivity index (χ0v) is 25.7. The van der Waals surface area contributed by atoms with E-state index in [1.54, 1.807) is 0 Å². The fourth-order valence-corrected chi connectivity index (χ4v) is 6.04. The molecule has 0 aliphatic rings. The van der Waals surface area contributed by atoms with Crippen LogP contribution < -0.4 is 0 Å². The van der Waals surface area contributed by atoms with Crippen LogP contribution in [0.5, 0.6) is 0 Å². The third-order valence-corrected chi connectivity index (χ3v) is 8.59. The van der Waals surface area contributed by atoms with Crippen molar-refractivity contribution in [1.82, 2.24) is 15.0 Å². The van der Waals surface area contributed by atoms with Gasteiger partial charge in [0.2, 0.25) is 11.8 Å². The van der Waals surface area contributed by atoms with Crippen LogP contribution in [0.3, 0.4) is 0 Å². The van der Waals surface area contributed by atoms with E-state index < -0.39 is 0 Å². The number of hydrogen-bond acceptors (Lipinski definition) is 5. The summed E-state index contributed by atoms with van der Waals surface area (Å²) in [7, 11) is 0. The Kier molecular flexibility index (Phi) is 6.72. The normalized spacial score (nSPS) is 11.3. The second kappa shape index (κ2) is 11.6. The maximum absolute atomic E-state index is 6.02. The minimum Gasteiger partial charge on any atom is -0.436 e. The van der Waals surface area contributed by atoms with Crippen LogP contribution in [0.2, 0.25) is 0 Å². The van der Waals surface area contributed by atoms with Crippen molar-refractivity contribution in [2.75, 3.05) is 0 Å². The minimum atomic E-state index is 0.600. The van der Waals surface area contributed by atoms with Gasteiger partial charge in [-0.25, -0.2) is 15.0 Å². The maximum Gasteiger partial charge on any atom is 0.227 e. The quantitative estimate of drug-likeness (QED) is 0.186. The highest BCUT2D eigenvalue weighted by Gasteiger charge is 2.13. The SMILES string of the molecule is c1ccc(-c2ccc(-c3cc(-c4ccc(-c5nc6ccccc6o5)cc4)cc(-c4ccc(-c5nc6ccccc6o5)cc4)n3)cc2)cc1. The first-order valence-corrected chi connectivity index (χ1v) is 15.8. The zero-order valence-electron chi connectivity index (χ0n) is 25.7. The summed E-state index contributed by atoms with van der Waals surface area (Å²) in [5.74, 6) is 1.21. The van der Waals surface area contributed by atoms with Crippen LogP contribution >= 0.6 is 0 Å². The molecule has 0 radical (unpaired) electrons. The Morgan fingerprint density at radius 1 is 0.292 bits per heavy atom. The van der Waals surface area contributed by atoms with Crippen molar-refractivity contribution in [3.05, 3.63) is 164 Å². The van der Waals surface area contributed by atoms with Gasteiger partial charge in [0.25, 0.3) is 0 Å². The topological polar surface area (TPSA) is 65.0 Å². The van der Waals surface area contributed by atoms with E-state index in [4.69, 9.17) is 13.8 Å². The monoisotopic (exact) mass is 617 g/mol. The Labute approximate surface area is 276 Å². The smallest absolute Gasteiger partial charge is 0.227 e. The van der Waals surface area contributed by atoms with Gasteiger partial charge in [0, 0.05) is 22.3 Å². The Morgan fingerprint density at radius 2 is 0.667 bits per heavy atom. The molecule has 0 aliphatic heterocycles. The van der Waals surface area contributed by atoms with Gasteiger partial charge in [-0.2, -0.15) is 0 Å². The first kappa shape index (κ1) is 27.7. The Balaban J connectivity index is 1.10. The zero-order chi connectivity index (χ0) is 31.9. The summed E-state index contributed by atoms with van der Waals surface area (Å²) < 4.78 is 12.0. The van der Waals surface area contributed by atoms with Crippen LogP contribution in [-0.2, 0) is 0 Å². The molecular formula is C43H27N3O2. The lowest BCUT2D eigenvalue weighted by molar-refractivity contribution is 0.619. The summed E-state index contributed by atoms with van der Waals surface area (Å²) in [5, 5.41) is 0. The van der Waals surface area contributed by atoms with E-state index in [0.717, 1.165) is 67.0 Å². The Hall–Kier alpha value is -6.59. The predicted molar refractivity (Wildman–Crippen MR) is 192 cm³/mol. The molecular weight excluding hydrogens is 590 g/mol. The van der Waals surface area contributed by atoms with Crippen molar-refractivity contribution in [3.63, 3.8) is 0 Å². The third-order valence-electron chi connectivity index (χ3n) is 8.59. The van der Waals surface area contributed by atoms with E-state index in [0.29, 0.717) is 11.8 Å². The average Bonchev–Trinajstić information content (AvgIpc) is 3.80. The second-order valence-corrected chi connectivity index (χ2v) is 11.7. The number of oxazole rings is 2. The molecule has 5 heteroatoms. The van der Waals surface area contributed by atoms with Crippen molar-refractivity contribution < 1.29 is 8.83 Å². The van der Waals surface area contributed by atoms with Crippen LogP contribution in [0, 0.1) is 0 Å². The van der Waals surface area contributed by atoms with Crippen molar-refractivity contribution in [3.8, 4) is 67.7 Å². The van der Waals surface area contributed by atoms with Crippen LogP contribution in [0.25, 0.3) is 89.9 Å². The van der Waals surface area contributed by atoms with E-state index in [1.807, 2.05) is 66.7 Å². The molecule has 0 unspecified atom stereocenters. The first-order chi connectivity index (χ1) is 23.7. The molecule has 0 amide bonds. The fourth-order valence-electron chi connectivity index (χ4n) is 6.04. The van der Waals surface area contributed by atoms with E-state index in [9.17, 15) is 0 Å². The summed E-state index contributed by atoms with van der Waals surface area (Å²) in [5.41, 5.74) is 13.4. The molecule has 0 bridgehead atoms. The van der Waals surface area contributed by atoms with Crippen LogP contribution in [-0.4, -0.2) is 15.0 Å². The first-order valence-electron chi connectivity index (χ1n) is 15.8. The van der Waals surface area contributed by atoms with E-state index in [1.165, 1.54) is 11.1 Å². The third kappa shape index (κ3) is 5.23. The van der Waals surface area contributed by atoms with Gasteiger partial charge in [0.15, 0.2) is 11.2 Å². The van der Waals surface area contributed by atoms with Crippen molar-refractivity contribution in [2.45, 2.75) is 0 Å². The lowest BCUT2D eigenvalue weighted by atomic mass is 9.97. The molecule has 0 spiro atoms. The number of nitrogens with zero attached hydrogens (tertiary/aromatic N) is 3. The number of fused-ring (bicyclic) bond motifs is 2. The number of rotatable bonds is 6. The average molecular weight is 618 g/mol. The van der Waals surface area contributed by atoms with Gasteiger partial charge in [-0.3, -0.25) is 0 Å². The number of pyridine rings is 1. The summed E-state index contributed by atoms with van der Waals surface area (Å²) in [6, 6.07) is 55.5. The molecule has 0 atom stereocenters. The van der Waals surface area contributed by atoms with E-state index >= 15 is 0 Å². The molecule has 0 saturated heterocycles. The summed E-state index contributed by atoms with van der Waals surface area (Å²) in [4.78, 5) is 14.5. The molecule has 0 aliphatic carbocycles. The lowest BCUT2D eigenvalue weighted by Gasteiger charge is -2.11. The number of para-hydroxylation sites is 4. The van der Waals surface area contributed by atoms with Gasteiger partial charge in [0.05, 0.1) is 11.4 Å². The van der Waals surface area contributed by atoms with Crippen molar-refractivity contribution in [2.24, 2.45) is 0 Å². The Morgan fingerprint density at radius 3 is 1.15 bits per heavy atom. The molecule has 0 saturated carbocycles. The highest BCUT2D eigenvalue weighted by atomic mass is 16.4. The van der Waals surface area contributed by atoms with Gasteiger partial charge in [-0.05, 0) is 82.9 Å². The molecule has 226 valence electrons. The summed E-state index contributed by atoms with van der Waals surface area (Å²) >= 11 is 0.